The molecular weight excluding hydrogens is 306 g/mol. The number of carbonyl (C=O) groups is 1. The number of hydrogen-bond donors (Lipinski definition) is 0. The molecule has 5 heteroatoms. The highest BCUT2D eigenvalue weighted by molar-refractivity contribution is 9.09. The molecule has 0 bridgehead atoms. The van der Waals surface area contributed by atoms with E-state index in [1.54, 1.807) is 10.7 Å². The second-order valence-electron chi connectivity index (χ2n) is 4.97. The van der Waals surface area contributed by atoms with Gasteiger partial charge >= 0.3 is 0 Å². The molecule has 0 saturated carbocycles. The van der Waals surface area contributed by atoms with Gasteiger partial charge in [-0.05, 0) is 30.9 Å². The number of alkyl halides is 1. The van der Waals surface area contributed by atoms with Gasteiger partial charge in [-0.25, -0.2) is 4.52 Å². The molecule has 1 amide bonds. The molecule has 3 rings (SSSR count). The number of halogens is 1. The van der Waals surface area contributed by atoms with Crippen LogP contribution < -0.4 is 0 Å². The minimum absolute atomic E-state index is 0.110. The first kappa shape index (κ1) is 12.7. The third-order valence-corrected chi connectivity index (χ3v) is 4.21. The quantitative estimate of drug-likeness (QED) is 0.815. The van der Waals surface area contributed by atoms with Gasteiger partial charge in [-0.2, -0.15) is 5.10 Å². The van der Waals surface area contributed by atoms with Crippen molar-refractivity contribution in [3.63, 3.8) is 0 Å². The van der Waals surface area contributed by atoms with E-state index >= 15 is 0 Å². The molecule has 0 aromatic carbocycles. The Bertz CT molecular complexity index is 595. The SMILES string of the molecule is O=C(c1cnn2ccccc12)N1CCC(CCBr)C1. The summed E-state index contributed by atoms with van der Waals surface area (Å²) < 4.78 is 1.75. The number of amides is 1. The molecule has 1 atom stereocenters. The van der Waals surface area contributed by atoms with E-state index in [1.165, 1.54) is 0 Å². The molecular formula is C14H16BrN3O. The molecule has 2 aromatic rings. The van der Waals surface area contributed by atoms with Crippen LogP contribution in [0.4, 0.5) is 0 Å². The standard InChI is InChI=1S/C14H16BrN3O/c15-6-4-11-5-8-17(10-11)14(19)12-9-16-18-7-2-1-3-13(12)18/h1-3,7,9,11H,4-6,8,10H2. The minimum Gasteiger partial charge on any atom is -0.338 e. The fourth-order valence-electron chi connectivity index (χ4n) is 2.68. The monoisotopic (exact) mass is 321 g/mol. The van der Waals surface area contributed by atoms with E-state index in [2.05, 4.69) is 21.0 Å². The zero-order chi connectivity index (χ0) is 13.2. The molecule has 3 heterocycles. The predicted molar refractivity (Wildman–Crippen MR) is 77.6 cm³/mol. The van der Waals surface area contributed by atoms with Crippen molar-refractivity contribution >= 4 is 27.4 Å². The summed E-state index contributed by atoms with van der Waals surface area (Å²) in [5, 5.41) is 5.24. The second kappa shape index (κ2) is 5.33. The summed E-state index contributed by atoms with van der Waals surface area (Å²) in [6, 6.07) is 5.79. The summed E-state index contributed by atoms with van der Waals surface area (Å²) in [4.78, 5) is 14.5. The van der Waals surface area contributed by atoms with Crippen molar-refractivity contribution in [1.82, 2.24) is 14.5 Å². The van der Waals surface area contributed by atoms with Crippen LogP contribution in [0.3, 0.4) is 0 Å². The van der Waals surface area contributed by atoms with E-state index in [4.69, 9.17) is 0 Å². The first-order valence-corrected chi connectivity index (χ1v) is 7.69. The summed E-state index contributed by atoms with van der Waals surface area (Å²) in [5.74, 6) is 0.739. The van der Waals surface area contributed by atoms with Gasteiger partial charge in [0.15, 0.2) is 0 Å². The van der Waals surface area contributed by atoms with E-state index in [0.717, 1.165) is 36.8 Å². The Hall–Kier alpha value is -1.36. The summed E-state index contributed by atoms with van der Waals surface area (Å²) >= 11 is 3.47. The maximum atomic E-state index is 12.5. The zero-order valence-electron chi connectivity index (χ0n) is 10.6. The molecule has 1 aliphatic rings. The molecule has 1 aliphatic heterocycles. The number of hydrogen-bond acceptors (Lipinski definition) is 2. The lowest BCUT2D eigenvalue weighted by molar-refractivity contribution is 0.0789. The van der Waals surface area contributed by atoms with E-state index < -0.39 is 0 Å². The molecule has 4 nitrogen and oxygen atoms in total. The van der Waals surface area contributed by atoms with Gasteiger partial charge in [-0.3, -0.25) is 4.79 Å². The van der Waals surface area contributed by atoms with Crippen LogP contribution in [-0.2, 0) is 0 Å². The van der Waals surface area contributed by atoms with Crippen LogP contribution in [0.5, 0.6) is 0 Å². The van der Waals surface area contributed by atoms with E-state index in [1.807, 2.05) is 29.3 Å². The normalized spacial score (nSPS) is 19.2. The number of pyridine rings is 1. The maximum absolute atomic E-state index is 12.5. The van der Waals surface area contributed by atoms with Gasteiger partial charge in [0.05, 0.1) is 17.3 Å². The van der Waals surface area contributed by atoms with E-state index in [9.17, 15) is 4.79 Å². The summed E-state index contributed by atoms with van der Waals surface area (Å²) in [5.41, 5.74) is 1.59. The van der Waals surface area contributed by atoms with Crippen molar-refractivity contribution in [3.8, 4) is 0 Å². The highest BCUT2D eigenvalue weighted by atomic mass is 79.9. The molecule has 0 aliphatic carbocycles. The van der Waals surface area contributed by atoms with Gasteiger partial charge in [0.1, 0.15) is 0 Å². The Morgan fingerprint density at radius 1 is 1.47 bits per heavy atom. The van der Waals surface area contributed by atoms with Gasteiger partial charge in [0.25, 0.3) is 5.91 Å². The Balaban J connectivity index is 1.81. The Kier molecular flexibility index (Phi) is 3.55. The first-order chi connectivity index (χ1) is 9.29. The lowest BCUT2D eigenvalue weighted by atomic mass is 10.1. The van der Waals surface area contributed by atoms with E-state index in [0.29, 0.717) is 11.5 Å². The number of carbonyl (C=O) groups excluding carboxylic acids is 1. The van der Waals surface area contributed by atoms with Gasteiger partial charge in [-0.15, -0.1) is 0 Å². The molecule has 0 spiro atoms. The lowest BCUT2D eigenvalue weighted by Crippen LogP contribution is -2.28. The van der Waals surface area contributed by atoms with Gasteiger partial charge < -0.3 is 4.90 Å². The molecule has 100 valence electrons. The Morgan fingerprint density at radius 3 is 3.21 bits per heavy atom. The number of aromatic nitrogens is 2. The first-order valence-electron chi connectivity index (χ1n) is 6.57. The van der Waals surface area contributed by atoms with Crippen molar-refractivity contribution in [2.45, 2.75) is 12.8 Å². The van der Waals surface area contributed by atoms with Crippen molar-refractivity contribution < 1.29 is 4.79 Å². The smallest absolute Gasteiger partial charge is 0.257 e. The molecule has 1 fully saturated rings. The minimum atomic E-state index is 0.110. The molecule has 0 N–H and O–H groups in total. The molecule has 2 aromatic heterocycles. The lowest BCUT2D eigenvalue weighted by Gasteiger charge is -2.15. The number of likely N-dealkylation sites (tertiary alicyclic amines) is 1. The van der Waals surface area contributed by atoms with Crippen molar-refractivity contribution in [2.75, 3.05) is 18.4 Å². The van der Waals surface area contributed by atoms with Gasteiger partial charge in [-0.1, -0.05) is 22.0 Å². The fraction of sp³-hybridized carbons (Fsp3) is 0.429. The largest absolute Gasteiger partial charge is 0.338 e. The van der Waals surface area contributed by atoms with Crippen molar-refractivity contribution in [1.29, 1.82) is 0 Å². The van der Waals surface area contributed by atoms with Crippen molar-refractivity contribution in [2.24, 2.45) is 5.92 Å². The summed E-state index contributed by atoms with van der Waals surface area (Å²) in [6.45, 7) is 1.73. The highest BCUT2D eigenvalue weighted by Crippen LogP contribution is 2.23. The average molecular weight is 322 g/mol. The van der Waals surface area contributed by atoms with Gasteiger partial charge in [0.2, 0.25) is 0 Å². The predicted octanol–water partition coefficient (Wildman–Crippen LogP) is 2.58. The average Bonchev–Trinajstić information content (AvgIpc) is 3.05. The van der Waals surface area contributed by atoms with Crippen LogP contribution in [0.15, 0.2) is 30.6 Å². The number of nitrogens with zero attached hydrogens (tertiary/aromatic N) is 3. The maximum Gasteiger partial charge on any atom is 0.257 e. The van der Waals surface area contributed by atoms with Crippen LogP contribution in [0.25, 0.3) is 5.52 Å². The molecule has 1 unspecified atom stereocenters. The topological polar surface area (TPSA) is 37.6 Å². The third kappa shape index (κ3) is 2.39. The Labute approximate surface area is 120 Å². The van der Waals surface area contributed by atoms with Crippen LogP contribution >= 0.6 is 15.9 Å². The third-order valence-electron chi connectivity index (χ3n) is 3.75. The van der Waals surface area contributed by atoms with Crippen LogP contribution in [-0.4, -0.2) is 38.8 Å². The Morgan fingerprint density at radius 2 is 2.37 bits per heavy atom. The number of rotatable bonds is 3. The molecule has 1 saturated heterocycles. The molecule has 19 heavy (non-hydrogen) atoms. The summed E-state index contributed by atoms with van der Waals surface area (Å²) in [7, 11) is 0. The fourth-order valence-corrected chi connectivity index (χ4v) is 3.32. The zero-order valence-corrected chi connectivity index (χ0v) is 12.2. The second-order valence-corrected chi connectivity index (χ2v) is 5.77. The highest BCUT2D eigenvalue weighted by Gasteiger charge is 2.27. The molecule has 0 radical (unpaired) electrons. The van der Waals surface area contributed by atoms with Crippen LogP contribution in [0, 0.1) is 5.92 Å². The van der Waals surface area contributed by atoms with Crippen molar-refractivity contribution in [3.05, 3.63) is 36.2 Å². The van der Waals surface area contributed by atoms with Crippen LogP contribution in [0.1, 0.15) is 23.2 Å². The number of fused-ring (bicyclic) bond motifs is 1. The van der Waals surface area contributed by atoms with Gasteiger partial charge in [0, 0.05) is 24.6 Å². The van der Waals surface area contributed by atoms with E-state index in [-0.39, 0.29) is 5.91 Å². The summed E-state index contributed by atoms with van der Waals surface area (Å²) in [6.07, 6.45) is 5.79. The van der Waals surface area contributed by atoms with Crippen LogP contribution in [0.2, 0.25) is 0 Å².